The van der Waals surface area contributed by atoms with Gasteiger partial charge in [0, 0.05) is 5.39 Å². The zero-order valence-corrected chi connectivity index (χ0v) is 15.9. The van der Waals surface area contributed by atoms with Crippen molar-refractivity contribution in [2.75, 3.05) is 13.7 Å². The van der Waals surface area contributed by atoms with Crippen LogP contribution in [-0.2, 0) is 0 Å². The first-order chi connectivity index (χ1) is 13.6. The Morgan fingerprint density at radius 1 is 1.21 bits per heavy atom. The number of para-hydroxylation sites is 1. The average molecular weight is 376 g/mol. The first-order valence-corrected chi connectivity index (χ1v) is 8.97. The molecule has 0 amide bonds. The van der Waals surface area contributed by atoms with E-state index in [1.807, 2.05) is 50.2 Å². The van der Waals surface area contributed by atoms with Crippen molar-refractivity contribution in [1.82, 2.24) is 14.6 Å². The summed E-state index contributed by atoms with van der Waals surface area (Å²) in [5.41, 5.74) is 2.42. The van der Waals surface area contributed by atoms with Crippen molar-refractivity contribution in [3.8, 4) is 11.5 Å². The standard InChI is InChI=1S/C21H20N4O3/c1-4-28-17-10-9-14(11-18(17)27-3)12-22-25-13(2)23-19-20(26)15-7-5-6-8-16(15)24-21(19)25/h5-12H,4H2,1-3H3,(H,24,26). The van der Waals surface area contributed by atoms with Gasteiger partial charge < -0.3 is 14.5 Å². The van der Waals surface area contributed by atoms with E-state index in [4.69, 9.17) is 9.47 Å². The number of hydrogen-bond acceptors (Lipinski definition) is 5. The van der Waals surface area contributed by atoms with E-state index in [-0.39, 0.29) is 5.43 Å². The highest BCUT2D eigenvalue weighted by Gasteiger charge is 2.13. The minimum absolute atomic E-state index is 0.107. The second-order valence-electron chi connectivity index (χ2n) is 6.26. The summed E-state index contributed by atoms with van der Waals surface area (Å²) in [5.74, 6) is 1.94. The highest BCUT2D eigenvalue weighted by molar-refractivity contribution is 5.90. The maximum Gasteiger partial charge on any atom is 0.217 e. The Labute approximate surface area is 161 Å². The van der Waals surface area contributed by atoms with E-state index < -0.39 is 0 Å². The number of rotatable bonds is 5. The van der Waals surface area contributed by atoms with Gasteiger partial charge in [-0.05, 0) is 49.7 Å². The second-order valence-corrected chi connectivity index (χ2v) is 6.26. The van der Waals surface area contributed by atoms with Gasteiger partial charge in [0.05, 0.1) is 25.4 Å². The van der Waals surface area contributed by atoms with Crippen LogP contribution in [0.15, 0.2) is 52.4 Å². The number of pyridine rings is 1. The van der Waals surface area contributed by atoms with Gasteiger partial charge in [0.2, 0.25) is 5.43 Å². The topological polar surface area (TPSA) is 81.5 Å². The van der Waals surface area contributed by atoms with Crippen LogP contribution in [0.25, 0.3) is 22.1 Å². The summed E-state index contributed by atoms with van der Waals surface area (Å²) in [7, 11) is 1.60. The Balaban J connectivity index is 1.80. The zero-order chi connectivity index (χ0) is 19.7. The maximum absolute atomic E-state index is 12.7. The number of nitrogens with zero attached hydrogens (tertiary/aromatic N) is 3. The molecule has 2 aromatic carbocycles. The van der Waals surface area contributed by atoms with E-state index >= 15 is 0 Å². The van der Waals surface area contributed by atoms with E-state index in [1.54, 1.807) is 24.1 Å². The lowest BCUT2D eigenvalue weighted by atomic mass is 10.2. The van der Waals surface area contributed by atoms with Gasteiger partial charge in [-0.2, -0.15) is 5.10 Å². The van der Waals surface area contributed by atoms with Gasteiger partial charge in [0.1, 0.15) is 5.82 Å². The molecular formula is C21H20N4O3. The number of nitrogens with one attached hydrogen (secondary N) is 1. The summed E-state index contributed by atoms with van der Waals surface area (Å²) in [6.45, 7) is 4.30. The van der Waals surface area contributed by atoms with E-state index in [9.17, 15) is 4.79 Å². The van der Waals surface area contributed by atoms with Gasteiger partial charge in [0.25, 0.3) is 0 Å². The fraction of sp³-hybridized carbons (Fsp3) is 0.190. The van der Waals surface area contributed by atoms with Crippen LogP contribution in [0.4, 0.5) is 0 Å². The Hall–Kier alpha value is -3.61. The van der Waals surface area contributed by atoms with Crippen molar-refractivity contribution >= 4 is 28.3 Å². The molecule has 0 unspecified atom stereocenters. The molecule has 7 nitrogen and oxygen atoms in total. The molecule has 2 aromatic heterocycles. The summed E-state index contributed by atoms with van der Waals surface area (Å²) in [6.07, 6.45) is 1.69. The SMILES string of the molecule is CCOc1ccc(C=Nn2c(C)nc3c(=O)c4ccccc4[nH]c32)cc1OC. The molecule has 0 aliphatic heterocycles. The minimum atomic E-state index is -0.107. The molecule has 0 bridgehead atoms. The summed E-state index contributed by atoms with van der Waals surface area (Å²) in [6, 6.07) is 13.0. The van der Waals surface area contributed by atoms with Gasteiger partial charge >= 0.3 is 0 Å². The molecule has 0 spiro atoms. The lowest BCUT2D eigenvalue weighted by molar-refractivity contribution is 0.311. The molecule has 0 saturated carbocycles. The molecule has 28 heavy (non-hydrogen) atoms. The van der Waals surface area contributed by atoms with Gasteiger partial charge in [-0.25, -0.2) is 9.66 Å². The Bertz CT molecular complexity index is 1250. The van der Waals surface area contributed by atoms with Gasteiger partial charge in [-0.1, -0.05) is 12.1 Å². The molecule has 0 aliphatic carbocycles. The maximum atomic E-state index is 12.7. The van der Waals surface area contributed by atoms with Crippen molar-refractivity contribution in [2.24, 2.45) is 5.10 Å². The third-order valence-corrected chi connectivity index (χ3v) is 4.47. The molecule has 142 valence electrons. The summed E-state index contributed by atoms with van der Waals surface area (Å²) >= 11 is 0. The molecule has 7 heteroatoms. The van der Waals surface area contributed by atoms with E-state index in [0.29, 0.717) is 40.5 Å². The molecule has 0 saturated heterocycles. The van der Waals surface area contributed by atoms with E-state index in [2.05, 4.69) is 15.1 Å². The molecule has 4 aromatic rings. The summed E-state index contributed by atoms with van der Waals surface area (Å²) in [4.78, 5) is 20.4. The molecule has 0 aliphatic rings. The van der Waals surface area contributed by atoms with Crippen molar-refractivity contribution in [3.63, 3.8) is 0 Å². The zero-order valence-electron chi connectivity index (χ0n) is 15.9. The van der Waals surface area contributed by atoms with Crippen molar-refractivity contribution in [1.29, 1.82) is 0 Å². The Kier molecular flexibility index (Phi) is 4.57. The highest BCUT2D eigenvalue weighted by Crippen LogP contribution is 2.27. The molecule has 0 atom stereocenters. The Morgan fingerprint density at radius 3 is 2.82 bits per heavy atom. The van der Waals surface area contributed by atoms with Crippen LogP contribution >= 0.6 is 0 Å². The second kappa shape index (κ2) is 7.19. The van der Waals surface area contributed by atoms with Crippen LogP contribution < -0.4 is 14.9 Å². The minimum Gasteiger partial charge on any atom is -0.493 e. The molecule has 4 rings (SSSR count). The van der Waals surface area contributed by atoms with Gasteiger partial charge in [-0.3, -0.25) is 4.79 Å². The fourth-order valence-electron chi connectivity index (χ4n) is 3.14. The molecule has 2 heterocycles. The van der Waals surface area contributed by atoms with Crippen LogP contribution in [0.1, 0.15) is 18.3 Å². The largest absolute Gasteiger partial charge is 0.493 e. The van der Waals surface area contributed by atoms with E-state index in [1.165, 1.54) is 0 Å². The number of H-pyrrole nitrogens is 1. The molecule has 0 radical (unpaired) electrons. The van der Waals surface area contributed by atoms with Crippen molar-refractivity contribution in [2.45, 2.75) is 13.8 Å². The quantitative estimate of drug-likeness (QED) is 0.541. The fourth-order valence-corrected chi connectivity index (χ4v) is 3.14. The first kappa shape index (κ1) is 17.8. The Morgan fingerprint density at radius 2 is 2.04 bits per heavy atom. The predicted octanol–water partition coefficient (Wildman–Crippen LogP) is 3.48. The van der Waals surface area contributed by atoms with E-state index in [0.717, 1.165) is 11.1 Å². The predicted molar refractivity (Wildman–Crippen MR) is 110 cm³/mol. The lowest BCUT2D eigenvalue weighted by Gasteiger charge is -2.09. The normalized spacial score (nSPS) is 11.5. The summed E-state index contributed by atoms with van der Waals surface area (Å²) in [5, 5.41) is 5.14. The number of ether oxygens (including phenoxy) is 2. The third-order valence-electron chi connectivity index (χ3n) is 4.47. The number of aromatic nitrogens is 3. The molecule has 1 N–H and O–H groups in total. The van der Waals surface area contributed by atoms with Crippen LogP contribution in [0.2, 0.25) is 0 Å². The highest BCUT2D eigenvalue weighted by atomic mass is 16.5. The third kappa shape index (κ3) is 3.00. The first-order valence-electron chi connectivity index (χ1n) is 8.97. The smallest absolute Gasteiger partial charge is 0.217 e. The number of aryl methyl sites for hydroxylation is 1. The van der Waals surface area contributed by atoms with Crippen LogP contribution in [0.5, 0.6) is 11.5 Å². The average Bonchev–Trinajstić information content (AvgIpc) is 3.03. The summed E-state index contributed by atoms with van der Waals surface area (Å²) < 4.78 is 12.6. The molecular weight excluding hydrogens is 356 g/mol. The number of aromatic amines is 1. The van der Waals surface area contributed by atoms with Crippen LogP contribution in [0, 0.1) is 6.92 Å². The van der Waals surface area contributed by atoms with Crippen LogP contribution in [0.3, 0.4) is 0 Å². The van der Waals surface area contributed by atoms with Gasteiger partial charge in [-0.15, -0.1) is 0 Å². The number of benzene rings is 2. The number of hydrogen-bond donors (Lipinski definition) is 1. The monoisotopic (exact) mass is 376 g/mol. The van der Waals surface area contributed by atoms with Crippen molar-refractivity contribution < 1.29 is 9.47 Å². The van der Waals surface area contributed by atoms with Crippen LogP contribution in [-0.4, -0.2) is 34.6 Å². The number of methoxy groups -OCH3 is 1. The molecule has 0 fully saturated rings. The number of fused-ring (bicyclic) bond motifs is 2. The lowest BCUT2D eigenvalue weighted by Crippen LogP contribution is -2.04. The van der Waals surface area contributed by atoms with Crippen molar-refractivity contribution in [3.05, 3.63) is 64.1 Å². The van der Waals surface area contributed by atoms with Gasteiger partial charge in [0.15, 0.2) is 22.7 Å². The number of imidazole rings is 1.